The largest absolute Gasteiger partial charge is 0.467 e. The van der Waals surface area contributed by atoms with Crippen LogP contribution >= 0.6 is 27.5 Å². The second kappa shape index (κ2) is 11.5. The Morgan fingerprint density at radius 1 is 1.24 bits per heavy atom. The van der Waals surface area contributed by atoms with Crippen LogP contribution in [0.25, 0.3) is 5.52 Å². The zero-order chi connectivity index (χ0) is 28.4. The second-order valence-electron chi connectivity index (χ2n) is 10.7. The van der Waals surface area contributed by atoms with Crippen LogP contribution in [0.2, 0.25) is 5.28 Å². The number of hydrogen-bond donors (Lipinski definition) is 1. The average molecular weight is 617 g/mol. The van der Waals surface area contributed by atoms with Crippen molar-refractivity contribution >= 4 is 51.1 Å². The molecule has 3 aromatic rings. The van der Waals surface area contributed by atoms with Gasteiger partial charge in [-0.2, -0.15) is 4.98 Å². The molecule has 0 radical (unpaired) electrons. The summed E-state index contributed by atoms with van der Waals surface area (Å²) in [6.07, 6.45) is -1.23. The van der Waals surface area contributed by atoms with Gasteiger partial charge < -0.3 is 19.2 Å². The van der Waals surface area contributed by atoms with Crippen LogP contribution in [0.15, 0.2) is 33.5 Å². The zero-order valence-electron chi connectivity index (χ0n) is 22.3. The highest BCUT2D eigenvalue weighted by Crippen LogP contribution is 2.31. The minimum absolute atomic E-state index is 0.00733. The Balaban J connectivity index is 2.03. The van der Waals surface area contributed by atoms with Crippen molar-refractivity contribution in [2.24, 2.45) is 0 Å². The maximum Gasteiger partial charge on any atom is 0.416 e. The van der Waals surface area contributed by atoms with Crippen LogP contribution < -0.4 is 10.2 Å². The first kappa shape index (κ1) is 29.7. The third kappa shape index (κ3) is 7.83. The Hall–Kier alpha value is -2.86. The van der Waals surface area contributed by atoms with Gasteiger partial charge in [0.15, 0.2) is 5.82 Å². The molecule has 13 heteroatoms. The Morgan fingerprint density at radius 2 is 1.89 bits per heavy atom. The maximum absolute atomic E-state index is 14.6. The summed E-state index contributed by atoms with van der Waals surface area (Å²) >= 11 is 9.76. The fraction of sp³-hybridized carbons (Fsp3) is 0.520. The lowest BCUT2D eigenvalue weighted by Gasteiger charge is -2.26. The smallest absolute Gasteiger partial charge is 0.416 e. The number of amides is 2. The number of hydrogen-bond acceptors (Lipinski definition) is 7. The second-order valence-corrected chi connectivity index (χ2v) is 11.8. The first-order chi connectivity index (χ1) is 17.5. The fourth-order valence-electron chi connectivity index (χ4n) is 3.50. The van der Waals surface area contributed by atoms with E-state index >= 15 is 0 Å². The molecule has 0 spiro atoms. The maximum atomic E-state index is 14.6. The van der Waals surface area contributed by atoms with Gasteiger partial charge in [0.05, 0.1) is 18.8 Å². The lowest BCUT2D eigenvalue weighted by Crippen LogP contribution is -2.44. The van der Waals surface area contributed by atoms with Crippen molar-refractivity contribution in [3.63, 3.8) is 0 Å². The standard InChI is InChI=1S/C25H32BrClFN5O5/c1-14(28)17(29-22(34)37-24(2,3)4)11-15-12-18-20(30-21(27)31-33(18)19(15)26)32(13-16-9-8-10-36-16)23(35)38-25(5,6)7/h8-10,12,14,17H,11,13H2,1-7H3,(H,29,34)/t14-,17+/m0/s1. The van der Waals surface area contributed by atoms with E-state index in [1.807, 2.05) is 0 Å². The molecule has 3 heterocycles. The molecule has 38 heavy (non-hydrogen) atoms. The summed E-state index contributed by atoms with van der Waals surface area (Å²) in [5, 5.41) is 6.70. The zero-order valence-corrected chi connectivity index (χ0v) is 24.7. The van der Waals surface area contributed by atoms with E-state index in [-0.39, 0.29) is 24.1 Å². The van der Waals surface area contributed by atoms with Gasteiger partial charge in [-0.15, -0.1) is 5.10 Å². The number of halogens is 3. The molecule has 0 aliphatic rings. The minimum Gasteiger partial charge on any atom is -0.467 e. The minimum atomic E-state index is -1.40. The number of carbonyl (C=O) groups excluding carboxylic acids is 2. The molecule has 3 aromatic heterocycles. The number of alkyl carbamates (subject to hydrolysis) is 1. The number of carbonyl (C=O) groups is 2. The molecule has 0 saturated heterocycles. The van der Waals surface area contributed by atoms with E-state index in [2.05, 4.69) is 31.3 Å². The molecule has 2 atom stereocenters. The van der Waals surface area contributed by atoms with Crippen LogP contribution in [0, 0.1) is 0 Å². The highest BCUT2D eigenvalue weighted by molar-refractivity contribution is 9.10. The van der Waals surface area contributed by atoms with Gasteiger partial charge in [-0.25, -0.2) is 18.5 Å². The lowest BCUT2D eigenvalue weighted by atomic mass is 10.1. The van der Waals surface area contributed by atoms with Gasteiger partial charge in [0.2, 0.25) is 5.28 Å². The number of nitrogens with zero attached hydrogens (tertiary/aromatic N) is 4. The van der Waals surface area contributed by atoms with Crippen LogP contribution in [0.1, 0.15) is 59.8 Å². The Bertz CT molecular complexity index is 1280. The van der Waals surface area contributed by atoms with Gasteiger partial charge in [-0.3, -0.25) is 4.90 Å². The van der Waals surface area contributed by atoms with Crippen molar-refractivity contribution in [2.75, 3.05) is 4.90 Å². The quantitative estimate of drug-likeness (QED) is 0.324. The molecule has 1 N–H and O–H groups in total. The third-order valence-corrected chi connectivity index (χ3v) is 6.07. The van der Waals surface area contributed by atoms with Crippen molar-refractivity contribution in [3.8, 4) is 0 Å². The monoisotopic (exact) mass is 615 g/mol. The normalized spacial score (nSPS) is 13.7. The van der Waals surface area contributed by atoms with Crippen LogP contribution in [0.3, 0.4) is 0 Å². The Kier molecular flexibility index (Phi) is 8.97. The summed E-state index contributed by atoms with van der Waals surface area (Å²) in [4.78, 5) is 31.2. The number of aromatic nitrogens is 3. The van der Waals surface area contributed by atoms with E-state index in [1.54, 1.807) is 59.7 Å². The van der Waals surface area contributed by atoms with E-state index in [1.165, 1.54) is 22.6 Å². The van der Waals surface area contributed by atoms with Gasteiger partial charge in [0.25, 0.3) is 0 Å². The molecule has 0 aliphatic heterocycles. The van der Waals surface area contributed by atoms with Crippen molar-refractivity contribution in [1.29, 1.82) is 0 Å². The Morgan fingerprint density at radius 3 is 2.45 bits per heavy atom. The highest BCUT2D eigenvalue weighted by Gasteiger charge is 2.30. The first-order valence-electron chi connectivity index (χ1n) is 11.9. The van der Waals surface area contributed by atoms with E-state index in [9.17, 15) is 14.0 Å². The predicted octanol–water partition coefficient (Wildman–Crippen LogP) is 6.47. The summed E-state index contributed by atoms with van der Waals surface area (Å²) in [5.74, 6) is 0.648. The third-order valence-electron chi connectivity index (χ3n) is 5.06. The first-order valence-corrected chi connectivity index (χ1v) is 13.1. The molecule has 208 valence electrons. The number of anilines is 1. The number of nitrogens with one attached hydrogen (secondary N) is 1. The molecule has 0 aromatic carbocycles. The van der Waals surface area contributed by atoms with Crippen molar-refractivity contribution < 1.29 is 27.9 Å². The topological polar surface area (TPSA) is 111 Å². The van der Waals surface area contributed by atoms with Gasteiger partial charge in [-0.1, -0.05) is 0 Å². The predicted molar refractivity (Wildman–Crippen MR) is 144 cm³/mol. The summed E-state index contributed by atoms with van der Waals surface area (Å²) in [6, 6.07) is 4.21. The fourth-order valence-corrected chi connectivity index (χ4v) is 4.20. The molecular formula is C25H32BrClFN5O5. The molecule has 2 amide bonds. The lowest BCUT2D eigenvalue weighted by molar-refractivity contribution is 0.0476. The van der Waals surface area contributed by atoms with E-state index in [0.29, 0.717) is 21.4 Å². The average Bonchev–Trinajstić information content (AvgIpc) is 3.37. The van der Waals surface area contributed by atoms with Crippen molar-refractivity contribution in [1.82, 2.24) is 19.9 Å². The molecule has 3 rings (SSSR count). The molecule has 0 unspecified atom stereocenters. The van der Waals surface area contributed by atoms with Gasteiger partial charge in [-0.05, 0) is 106 Å². The van der Waals surface area contributed by atoms with Gasteiger partial charge >= 0.3 is 12.2 Å². The van der Waals surface area contributed by atoms with Crippen molar-refractivity contribution in [2.45, 2.75) is 84.8 Å². The number of alkyl halides is 1. The SMILES string of the molecule is C[C@H](F)[C@@H](Cc1cc2c(N(Cc3ccco3)C(=O)OC(C)(C)C)nc(Cl)nn2c1Br)NC(=O)OC(C)(C)C. The van der Waals surface area contributed by atoms with Gasteiger partial charge in [0.1, 0.15) is 33.3 Å². The van der Waals surface area contributed by atoms with E-state index in [0.717, 1.165) is 0 Å². The summed E-state index contributed by atoms with van der Waals surface area (Å²) in [5.41, 5.74) is -0.524. The van der Waals surface area contributed by atoms with Gasteiger partial charge in [0, 0.05) is 0 Å². The van der Waals surface area contributed by atoms with E-state index < -0.39 is 35.6 Å². The molecule has 0 fully saturated rings. The molecule has 0 bridgehead atoms. The molecule has 0 aliphatic carbocycles. The molecule has 0 saturated carbocycles. The summed E-state index contributed by atoms with van der Waals surface area (Å²) in [7, 11) is 0. The summed E-state index contributed by atoms with van der Waals surface area (Å²) in [6.45, 7) is 11.8. The number of fused-ring (bicyclic) bond motifs is 1. The van der Waals surface area contributed by atoms with Crippen molar-refractivity contribution in [3.05, 3.63) is 45.7 Å². The molecule has 10 nitrogen and oxygen atoms in total. The van der Waals surface area contributed by atoms with E-state index in [4.69, 9.17) is 25.5 Å². The van der Waals surface area contributed by atoms with Crippen LogP contribution in [0.4, 0.5) is 19.8 Å². The highest BCUT2D eigenvalue weighted by atomic mass is 79.9. The number of rotatable bonds is 7. The van der Waals surface area contributed by atoms with Crippen LogP contribution in [-0.4, -0.2) is 50.2 Å². The number of ether oxygens (including phenoxy) is 2. The molecular weight excluding hydrogens is 585 g/mol. The van der Waals surface area contributed by atoms with Crippen LogP contribution in [-0.2, 0) is 22.4 Å². The van der Waals surface area contributed by atoms with Crippen LogP contribution in [0.5, 0.6) is 0 Å². The Labute approximate surface area is 233 Å². The summed E-state index contributed by atoms with van der Waals surface area (Å²) < 4.78 is 32.8. The number of furan rings is 1.